The normalized spacial score (nSPS) is 20.1. The molecule has 1 aliphatic heterocycles. The first-order valence-electron chi connectivity index (χ1n) is 7.02. The number of aliphatic carboxylic acids is 1. The quantitative estimate of drug-likeness (QED) is 0.917. The maximum Gasteiger partial charge on any atom is 0.396 e. The van der Waals surface area contributed by atoms with E-state index in [0.29, 0.717) is 0 Å². The highest BCUT2D eigenvalue weighted by atomic mass is 19.4. The lowest BCUT2D eigenvalue weighted by Crippen LogP contribution is -2.53. The molecule has 2 rings (SSSR count). The van der Waals surface area contributed by atoms with Crippen LogP contribution in [-0.4, -0.2) is 53.9 Å². The Hall–Kier alpha value is -2.09. The van der Waals surface area contributed by atoms with Crippen LogP contribution >= 0.6 is 0 Å². The number of carboxylic acids is 1. The van der Waals surface area contributed by atoms with Crippen molar-refractivity contribution in [3.8, 4) is 0 Å². The molecule has 0 spiro atoms. The number of carbonyl (C=O) groups is 2. The number of halogens is 3. The minimum Gasteiger partial charge on any atom is -0.480 e. The molecule has 8 heteroatoms. The number of amides is 1. The van der Waals surface area contributed by atoms with Gasteiger partial charge in [0.05, 0.1) is 19.1 Å². The highest BCUT2D eigenvalue weighted by Crippen LogP contribution is 2.37. The molecule has 1 heterocycles. The largest absolute Gasteiger partial charge is 0.480 e. The highest BCUT2D eigenvalue weighted by Gasteiger charge is 2.44. The molecule has 2 atom stereocenters. The number of carboxylic acid groups (broad SMARTS) is 1. The molecule has 0 bridgehead atoms. The topological polar surface area (TPSA) is 66.8 Å². The molecule has 0 aliphatic carbocycles. The van der Waals surface area contributed by atoms with Crippen molar-refractivity contribution >= 4 is 11.9 Å². The second-order valence-corrected chi connectivity index (χ2v) is 5.23. The van der Waals surface area contributed by atoms with Crippen LogP contribution in [0.2, 0.25) is 0 Å². The zero-order valence-corrected chi connectivity index (χ0v) is 12.1. The number of hydrogen-bond acceptors (Lipinski definition) is 3. The summed E-state index contributed by atoms with van der Waals surface area (Å²) in [6.07, 6.45) is -5.42. The van der Waals surface area contributed by atoms with Gasteiger partial charge in [-0.25, -0.2) is 4.79 Å². The van der Waals surface area contributed by atoms with Gasteiger partial charge in [0.2, 0.25) is 5.91 Å². The van der Waals surface area contributed by atoms with Gasteiger partial charge in [-0.05, 0) is 5.56 Å². The predicted molar refractivity (Wildman–Crippen MR) is 73.8 cm³/mol. The monoisotopic (exact) mass is 331 g/mol. The molecule has 5 nitrogen and oxygen atoms in total. The third-order valence-corrected chi connectivity index (χ3v) is 3.71. The van der Waals surface area contributed by atoms with Crippen molar-refractivity contribution in [1.82, 2.24) is 4.90 Å². The van der Waals surface area contributed by atoms with E-state index in [1.807, 2.05) is 0 Å². The summed E-state index contributed by atoms with van der Waals surface area (Å²) >= 11 is 0. The molecule has 1 fully saturated rings. The molecule has 1 saturated heterocycles. The third-order valence-electron chi connectivity index (χ3n) is 3.71. The van der Waals surface area contributed by atoms with Gasteiger partial charge in [0, 0.05) is 13.0 Å². The van der Waals surface area contributed by atoms with Gasteiger partial charge < -0.3 is 14.7 Å². The molecule has 1 aromatic rings. The van der Waals surface area contributed by atoms with Gasteiger partial charge in [0.1, 0.15) is 0 Å². The van der Waals surface area contributed by atoms with Gasteiger partial charge in [0.25, 0.3) is 0 Å². The fourth-order valence-electron chi connectivity index (χ4n) is 2.51. The van der Waals surface area contributed by atoms with E-state index in [9.17, 15) is 22.8 Å². The smallest absolute Gasteiger partial charge is 0.396 e. The number of alkyl halides is 3. The van der Waals surface area contributed by atoms with Gasteiger partial charge in [-0.15, -0.1) is 0 Å². The van der Waals surface area contributed by atoms with Crippen LogP contribution in [0.5, 0.6) is 0 Å². The van der Waals surface area contributed by atoms with Crippen LogP contribution < -0.4 is 0 Å². The summed E-state index contributed by atoms with van der Waals surface area (Å²) < 4.78 is 44.8. The summed E-state index contributed by atoms with van der Waals surface area (Å²) in [4.78, 5) is 24.3. The standard InChI is InChI=1S/C15H16F3NO4/c16-15(17,18)11(10-4-2-1-3-5-10)8-13(20)19-6-7-23-9-12(19)14(21)22/h1-5,11-12H,6-9H2,(H,21,22). The molecule has 1 N–H and O–H groups in total. The first-order chi connectivity index (χ1) is 10.8. The molecule has 0 aromatic heterocycles. The molecule has 126 valence electrons. The van der Waals surface area contributed by atoms with Crippen LogP contribution in [0.15, 0.2) is 30.3 Å². The summed E-state index contributed by atoms with van der Waals surface area (Å²) in [5.41, 5.74) is -0.0199. The van der Waals surface area contributed by atoms with Crippen molar-refractivity contribution in [2.45, 2.75) is 24.6 Å². The maximum absolute atomic E-state index is 13.3. The minimum absolute atomic E-state index is 0.0199. The van der Waals surface area contributed by atoms with E-state index in [4.69, 9.17) is 9.84 Å². The van der Waals surface area contributed by atoms with Gasteiger partial charge in [-0.1, -0.05) is 30.3 Å². The van der Waals surface area contributed by atoms with Gasteiger partial charge >= 0.3 is 12.1 Å². The molecule has 1 aromatic carbocycles. The van der Waals surface area contributed by atoms with Crippen molar-refractivity contribution in [3.63, 3.8) is 0 Å². The van der Waals surface area contributed by atoms with Crippen molar-refractivity contribution in [2.24, 2.45) is 0 Å². The second-order valence-electron chi connectivity index (χ2n) is 5.23. The lowest BCUT2D eigenvalue weighted by molar-refractivity contribution is -0.168. The van der Waals surface area contributed by atoms with Crippen LogP contribution in [0.4, 0.5) is 13.2 Å². The Bertz CT molecular complexity index is 562. The SMILES string of the molecule is O=C(O)C1COCCN1C(=O)CC(c1ccccc1)C(F)(F)F. The summed E-state index contributed by atoms with van der Waals surface area (Å²) in [6, 6.07) is 5.88. The number of carbonyl (C=O) groups excluding carboxylic acids is 1. The molecular formula is C15H16F3NO4. The fourth-order valence-corrected chi connectivity index (χ4v) is 2.51. The summed E-state index contributed by atoms with van der Waals surface area (Å²) in [6.45, 7) is -0.143. The van der Waals surface area contributed by atoms with E-state index in [0.717, 1.165) is 4.90 Å². The molecule has 1 amide bonds. The van der Waals surface area contributed by atoms with E-state index in [1.54, 1.807) is 6.07 Å². The van der Waals surface area contributed by atoms with E-state index < -0.39 is 36.4 Å². The first-order valence-corrected chi connectivity index (χ1v) is 7.02. The molecule has 23 heavy (non-hydrogen) atoms. The maximum atomic E-state index is 13.3. The Morgan fingerprint density at radius 3 is 2.52 bits per heavy atom. The Morgan fingerprint density at radius 1 is 1.30 bits per heavy atom. The molecule has 2 unspecified atom stereocenters. The van der Waals surface area contributed by atoms with Gasteiger partial charge in [-0.3, -0.25) is 4.79 Å². The zero-order valence-electron chi connectivity index (χ0n) is 12.1. The number of ether oxygens (including phenoxy) is 1. The molecular weight excluding hydrogens is 315 g/mol. The van der Waals surface area contributed by atoms with E-state index in [2.05, 4.69) is 0 Å². The van der Waals surface area contributed by atoms with Gasteiger partial charge in [-0.2, -0.15) is 13.2 Å². The van der Waals surface area contributed by atoms with Crippen LogP contribution in [0.1, 0.15) is 17.9 Å². The van der Waals surface area contributed by atoms with Crippen molar-refractivity contribution in [2.75, 3.05) is 19.8 Å². The molecule has 0 radical (unpaired) electrons. The van der Waals surface area contributed by atoms with E-state index in [-0.39, 0.29) is 25.3 Å². The second kappa shape index (κ2) is 6.99. The van der Waals surface area contributed by atoms with Crippen LogP contribution in [0.3, 0.4) is 0 Å². The Balaban J connectivity index is 2.19. The lowest BCUT2D eigenvalue weighted by atomic mass is 9.94. The fraction of sp³-hybridized carbons (Fsp3) is 0.467. The summed E-state index contributed by atoms with van der Waals surface area (Å²) in [5, 5.41) is 9.07. The van der Waals surface area contributed by atoms with Crippen LogP contribution in [0, 0.1) is 0 Å². The number of morpholine rings is 1. The summed E-state index contributed by atoms with van der Waals surface area (Å²) in [5.74, 6) is -4.10. The predicted octanol–water partition coefficient (Wildman–Crippen LogP) is 2.03. The first kappa shape index (κ1) is 17.3. The number of hydrogen-bond donors (Lipinski definition) is 1. The van der Waals surface area contributed by atoms with Crippen molar-refractivity contribution in [3.05, 3.63) is 35.9 Å². The lowest BCUT2D eigenvalue weighted by Gasteiger charge is -2.34. The zero-order chi connectivity index (χ0) is 17.0. The number of rotatable bonds is 4. The van der Waals surface area contributed by atoms with Crippen molar-refractivity contribution < 1.29 is 32.6 Å². The Kier molecular flexibility index (Phi) is 5.25. The Labute approximate surface area is 130 Å². The minimum atomic E-state index is -4.60. The molecule has 1 aliphatic rings. The van der Waals surface area contributed by atoms with E-state index in [1.165, 1.54) is 24.3 Å². The number of nitrogens with zero attached hydrogens (tertiary/aromatic N) is 1. The summed E-state index contributed by atoms with van der Waals surface area (Å²) in [7, 11) is 0. The van der Waals surface area contributed by atoms with E-state index >= 15 is 0 Å². The van der Waals surface area contributed by atoms with Crippen LogP contribution in [-0.2, 0) is 14.3 Å². The van der Waals surface area contributed by atoms with Crippen molar-refractivity contribution in [1.29, 1.82) is 0 Å². The van der Waals surface area contributed by atoms with Gasteiger partial charge in [0.15, 0.2) is 6.04 Å². The third kappa shape index (κ3) is 4.22. The molecule has 0 saturated carbocycles. The average Bonchev–Trinajstić information content (AvgIpc) is 2.52. The Morgan fingerprint density at radius 2 is 1.96 bits per heavy atom. The number of benzene rings is 1. The highest BCUT2D eigenvalue weighted by molar-refractivity contribution is 5.84. The van der Waals surface area contributed by atoms with Crippen LogP contribution in [0.25, 0.3) is 0 Å². The average molecular weight is 331 g/mol.